The molecular formula is C129H103N12O5+5. The quantitative estimate of drug-likeness (QED) is 0.145. The van der Waals surface area contributed by atoms with E-state index in [1.807, 2.05) is 88.2 Å². The minimum absolute atomic E-state index is 0.663. The van der Waals surface area contributed by atoms with Crippen LogP contribution < -0.4 is 22.8 Å². The molecule has 14 aromatic carbocycles. The number of pyridine rings is 8. The third kappa shape index (κ3) is 14.1. The van der Waals surface area contributed by atoms with Gasteiger partial charge in [-0.3, -0.25) is 0 Å². The molecule has 0 saturated carbocycles. The number of fused-ring (bicyclic) bond motifs is 29. The number of para-hydroxylation sites is 5. The summed E-state index contributed by atoms with van der Waals surface area (Å²) in [6.45, 7) is 18.8. The molecule has 704 valence electrons. The molecule has 0 aliphatic carbocycles. The Labute approximate surface area is 841 Å². The SMILES string of the molecule is Cc1c(-c2ccc3ccccc3[n+]2C)c2oc3ncccc3c2c2ccccc12.Cc1c(-c2ccnc[n+]2C)c2oc3ncccc3c2c2ccccc12.Cc1c(-c2n(C)c3ccccc3[n+]2C)c2oc3ncccc3c2c2ccccc12.Cc1ccc2c(n1)oc1c(-c3ccc4ccccc4[n+]3C)c(C)c3ccccc3c12.[2H]C(C)(C)c1cc(-c2c(C)c3ccccc3c3c2oc2nc(C)ccc23)[n+](C)c2ccccc12. The second kappa shape index (κ2) is 35.2. The van der Waals surface area contributed by atoms with E-state index in [4.69, 9.17) is 28.4 Å². The molecule has 0 aliphatic heterocycles. The fourth-order valence-electron chi connectivity index (χ4n) is 23.1. The highest BCUT2D eigenvalue weighted by Gasteiger charge is 2.35. The van der Waals surface area contributed by atoms with Crippen molar-refractivity contribution >= 4 is 208 Å². The Morgan fingerprint density at radius 3 is 0.986 bits per heavy atom. The van der Waals surface area contributed by atoms with Crippen molar-refractivity contribution in [3.63, 3.8) is 0 Å². The number of aryl methyl sites for hydroxylation is 13. The van der Waals surface area contributed by atoms with Crippen molar-refractivity contribution in [2.24, 2.45) is 42.3 Å². The van der Waals surface area contributed by atoms with Gasteiger partial charge in [-0.25, -0.2) is 38.6 Å². The van der Waals surface area contributed by atoms with E-state index in [9.17, 15) is 0 Å². The van der Waals surface area contributed by atoms with Crippen LogP contribution in [0, 0.1) is 48.5 Å². The lowest BCUT2D eigenvalue weighted by Crippen LogP contribution is -2.33. The normalized spacial score (nSPS) is 12.0. The van der Waals surface area contributed by atoms with Gasteiger partial charge in [0.1, 0.15) is 44.2 Å². The summed E-state index contributed by atoms with van der Waals surface area (Å²) in [6, 6.07) is 110. The Hall–Kier alpha value is -18.1. The maximum atomic E-state index is 8.90. The molecule has 0 atom stereocenters. The number of imidazole rings is 1. The second-order valence-electron chi connectivity index (χ2n) is 38.6. The Kier molecular flexibility index (Phi) is 21.3. The molecule has 0 radical (unpaired) electrons. The highest BCUT2D eigenvalue weighted by Crippen LogP contribution is 2.50. The van der Waals surface area contributed by atoms with Gasteiger partial charge >= 0.3 is 0 Å². The number of aromatic nitrogens is 12. The number of hydrogen-bond acceptors (Lipinski definition) is 11. The molecular weight excluding hydrogens is 1800 g/mol. The summed E-state index contributed by atoms with van der Waals surface area (Å²) in [5, 5.41) is 26.6. The molecule has 0 bridgehead atoms. The van der Waals surface area contributed by atoms with Gasteiger partial charge in [0.15, 0.2) is 33.4 Å². The summed E-state index contributed by atoms with van der Waals surface area (Å²) in [6.07, 6.45) is 8.98. The average molecular weight is 1900 g/mol. The molecule has 0 saturated heterocycles. The number of benzene rings is 14. The van der Waals surface area contributed by atoms with Gasteiger partial charge in [0.2, 0.25) is 62.2 Å². The number of hydrogen-bond donors (Lipinski definition) is 0. The van der Waals surface area contributed by atoms with E-state index in [1.54, 1.807) is 18.6 Å². The molecule has 146 heavy (non-hydrogen) atoms. The zero-order valence-electron chi connectivity index (χ0n) is 84.8. The Bertz CT molecular complexity index is 10600. The lowest BCUT2D eigenvalue weighted by molar-refractivity contribution is -0.663. The second-order valence-corrected chi connectivity index (χ2v) is 38.6. The summed E-state index contributed by atoms with van der Waals surface area (Å²) in [7, 11) is 12.6. The van der Waals surface area contributed by atoms with Gasteiger partial charge < -0.3 is 22.1 Å². The Morgan fingerprint density at radius 1 is 0.274 bits per heavy atom. The summed E-state index contributed by atoms with van der Waals surface area (Å²) in [5.41, 5.74) is 32.6. The molecule has 0 aliphatic rings. The summed E-state index contributed by atoms with van der Waals surface area (Å²) >= 11 is 0. The van der Waals surface area contributed by atoms with E-state index in [2.05, 4.69) is 397 Å². The zero-order chi connectivity index (χ0) is 100. The van der Waals surface area contributed by atoms with Gasteiger partial charge in [0.25, 0.3) is 12.2 Å². The summed E-state index contributed by atoms with van der Waals surface area (Å²) in [5.74, 6) is 0.373. The maximum absolute atomic E-state index is 8.90. The molecule has 0 fully saturated rings. The van der Waals surface area contributed by atoms with Gasteiger partial charge in [0.05, 0.1) is 43.4 Å². The van der Waals surface area contributed by atoms with Crippen molar-refractivity contribution in [1.29, 1.82) is 0 Å². The van der Waals surface area contributed by atoms with E-state index < -0.39 is 5.89 Å². The molecule has 17 heteroatoms. The highest BCUT2D eigenvalue weighted by atomic mass is 16.4. The first kappa shape index (κ1) is 88.1. The minimum atomic E-state index is -0.751. The van der Waals surface area contributed by atoms with Crippen LogP contribution in [0.25, 0.3) is 264 Å². The topological polar surface area (TPSA) is 167 Å². The molecule has 17 nitrogen and oxygen atoms in total. The van der Waals surface area contributed by atoms with Crippen molar-refractivity contribution in [2.75, 3.05) is 0 Å². The Morgan fingerprint density at radius 2 is 0.589 bits per heavy atom. The molecule has 0 unspecified atom stereocenters. The molecule has 0 amide bonds. The predicted octanol–water partition coefficient (Wildman–Crippen LogP) is 29.8. The first-order valence-electron chi connectivity index (χ1n) is 50.0. The van der Waals surface area contributed by atoms with Crippen LogP contribution in [0.15, 0.2) is 369 Å². The molecule has 29 rings (SSSR count). The zero-order valence-corrected chi connectivity index (χ0v) is 83.8. The van der Waals surface area contributed by atoms with Gasteiger partial charge in [-0.1, -0.05) is 189 Å². The van der Waals surface area contributed by atoms with Gasteiger partial charge in [-0.15, -0.1) is 0 Å². The highest BCUT2D eigenvalue weighted by molar-refractivity contribution is 6.28. The van der Waals surface area contributed by atoms with Crippen LogP contribution >= 0.6 is 0 Å². The lowest BCUT2D eigenvalue weighted by Gasteiger charge is -2.15. The predicted molar refractivity (Wildman–Crippen MR) is 592 cm³/mol. The standard InChI is InChI=1S/C30H27N2O.C27H21N2O.C26H19N2O.C25H20N3O.C21H16N3O/c1-17(2)24-16-26(32(5)25-13-9-8-11-21(24)25)27-19(4)20-10-6-7-12-22(20)28-23-15-14-18(3)31-30(23)33-29(27)28;1-16-12-14-21-25-20-10-6-5-9-19(20)17(2)24(26(25)30-27(21)28-16)23-15-13-18-8-4-7-11-22(18)29(23)3;1-16-18-9-4-5-10-19(18)24-20-11-7-15-27-26(20)29-25(24)23(16)22-14-13-17-8-3-6-12-21(17)28(22)2;1-15-16-9-4-5-10-17(16)22-18-11-8-14-26-24(18)29-23(22)21(15)25-27(2)19-12-6-7-13-20(19)28(25)3;1-13-14-6-3-4-7-15(14)19-16-8-5-10-23-21(16)25-20(19)18(13)17-9-11-22-12-24(17)2/h6-17H,1-5H3;4-15H,1-3H3;3-15H,1-2H3;4-14H,1-3H3;3-12H,1-2H3/q5*+1/i17D;;;;. The minimum Gasteiger partial charge on any atom is -0.437 e. The van der Waals surface area contributed by atoms with E-state index in [0.29, 0.717) is 28.6 Å². The fraction of sp³-hybridized carbons (Fsp3) is 0.124. The van der Waals surface area contributed by atoms with Crippen LogP contribution in [0.3, 0.4) is 0 Å². The van der Waals surface area contributed by atoms with E-state index in [1.165, 1.54) is 115 Å². The average Bonchev–Trinajstić information content (AvgIpc) is 1.55. The molecule has 29 aromatic rings. The number of nitrogens with zero attached hydrogens (tertiary/aromatic N) is 12. The maximum Gasteiger partial charge on any atom is 0.293 e. The monoisotopic (exact) mass is 1900 g/mol. The third-order valence-corrected chi connectivity index (χ3v) is 30.1. The molecule has 0 spiro atoms. The van der Waals surface area contributed by atoms with Crippen LogP contribution in [0.4, 0.5) is 0 Å². The van der Waals surface area contributed by atoms with Crippen molar-refractivity contribution in [1.82, 2.24) is 34.5 Å². The van der Waals surface area contributed by atoms with Gasteiger partial charge in [0, 0.05) is 144 Å². The largest absolute Gasteiger partial charge is 0.437 e. The van der Waals surface area contributed by atoms with Crippen molar-refractivity contribution in [3.8, 4) is 56.4 Å². The third-order valence-electron chi connectivity index (χ3n) is 30.1. The van der Waals surface area contributed by atoms with E-state index in [0.717, 1.165) is 166 Å². The van der Waals surface area contributed by atoms with E-state index >= 15 is 0 Å². The molecule has 0 N–H and O–H groups in total. The van der Waals surface area contributed by atoms with Crippen LogP contribution in [0.5, 0.6) is 0 Å². The van der Waals surface area contributed by atoms with E-state index in [-0.39, 0.29) is 0 Å². The molecule has 15 heterocycles. The number of rotatable bonds is 6. The van der Waals surface area contributed by atoms with Gasteiger partial charge in [-0.2, -0.15) is 13.7 Å². The van der Waals surface area contributed by atoms with Crippen LogP contribution in [0.2, 0.25) is 0 Å². The van der Waals surface area contributed by atoms with Crippen LogP contribution in [-0.2, 0) is 42.3 Å². The smallest absolute Gasteiger partial charge is 0.293 e. The first-order valence-corrected chi connectivity index (χ1v) is 49.5. The van der Waals surface area contributed by atoms with Crippen molar-refractivity contribution in [2.45, 2.75) is 68.2 Å². The number of furan rings is 5. The van der Waals surface area contributed by atoms with Crippen LogP contribution in [0.1, 0.15) is 65.9 Å². The summed E-state index contributed by atoms with van der Waals surface area (Å²) in [4.78, 5) is 27.0. The Balaban J connectivity index is 0.0000000959. The first-order chi connectivity index (χ1) is 71.5. The molecule has 15 aromatic heterocycles. The van der Waals surface area contributed by atoms with Crippen LogP contribution in [-0.4, -0.2) is 34.5 Å². The van der Waals surface area contributed by atoms with Gasteiger partial charge in [-0.05, 0) is 245 Å². The van der Waals surface area contributed by atoms with Crippen molar-refractivity contribution in [3.05, 3.63) is 391 Å². The van der Waals surface area contributed by atoms with Crippen molar-refractivity contribution < 1.29 is 46.3 Å². The lowest BCUT2D eigenvalue weighted by atomic mass is 9.90. The fourth-order valence-corrected chi connectivity index (χ4v) is 23.1. The summed E-state index contributed by atoms with van der Waals surface area (Å²) < 4.78 is 54.2.